The Morgan fingerprint density at radius 3 is 2.94 bits per heavy atom. The van der Waals surface area contributed by atoms with Gasteiger partial charge in [-0.3, -0.25) is 10.1 Å². The number of hydrogen-bond donors (Lipinski definition) is 2. The van der Waals surface area contributed by atoms with Crippen LogP contribution in [0.1, 0.15) is 25.6 Å². The summed E-state index contributed by atoms with van der Waals surface area (Å²) in [5, 5.41) is 5.73. The fourth-order valence-electron chi connectivity index (χ4n) is 1.36. The maximum absolute atomic E-state index is 11.5. The first-order valence-corrected chi connectivity index (χ1v) is 5.15. The maximum Gasteiger partial charge on any atom is 0.237 e. The molecule has 4 nitrogen and oxygen atoms in total. The molecule has 2 unspecified atom stereocenters. The van der Waals surface area contributed by atoms with Gasteiger partial charge < -0.3 is 9.73 Å². The Morgan fingerprint density at radius 2 is 2.38 bits per heavy atom. The van der Waals surface area contributed by atoms with Gasteiger partial charge in [-0.25, -0.2) is 0 Å². The van der Waals surface area contributed by atoms with Crippen LogP contribution in [0.15, 0.2) is 22.8 Å². The van der Waals surface area contributed by atoms with E-state index in [9.17, 15) is 4.79 Å². The summed E-state index contributed by atoms with van der Waals surface area (Å²) in [5.41, 5.74) is 0. The summed E-state index contributed by atoms with van der Waals surface area (Å²) < 4.78 is 5.23. The van der Waals surface area contributed by atoms with E-state index in [-0.39, 0.29) is 24.5 Å². The quantitative estimate of drug-likeness (QED) is 0.730. The first kappa shape index (κ1) is 12.3. The predicted octanol–water partition coefficient (Wildman–Crippen LogP) is 1.07. The van der Waals surface area contributed by atoms with E-state index in [0.717, 1.165) is 5.76 Å². The van der Waals surface area contributed by atoms with E-state index in [0.29, 0.717) is 0 Å². The molecule has 1 amide bonds. The van der Waals surface area contributed by atoms with Crippen molar-refractivity contribution < 1.29 is 9.21 Å². The molecule has 0 fully saturated rings. The molecule has 0 saturated heterocycles. The summed E-state index contributed by atoms with van der Waals surface area (Å²) in [5.74, 6) is 3.04. The highest BCUT2D eigenvalue weighted by Crippen LogP contribution is 2.12. The standard InChI is InChI=1S/C12H16N2O2/c1-4-7-13-12(15)10(3)14-9(2)11-6-5-8-16-11/h1,5-6,8-10,14H,7H2,2-3H3,(H,13,15). The van der Waals surface area contributed by atoms with Crippen LogP contribution < -0.4 is 10.6 Å². The van der Waals surface area contributed by atoms with Crippen LogP contribution in [-0.4, -0.2) is 18.5 Å². The lowest BCUT2D eigenvalue weighted by atomic mass is 10.2. The molecule has 86 valence electrons. The van der Waals surface area contributed by atoms with Gasteiger partial charge in [0.1, 0.15) is 5.76 Å². The van der Waals surface area contributed by atoms with E-state index >= 15 is 0 Å². The molecule has 0 aliphatic carbocycles. The lowest BCUT2D eigenvalue weighted by Crippen LogP contribution is -2.43. The van der Waals surface area contributed by atoms with Crippen LogP contribution in [0, 0.1) is 12.3 Å². The van der Waals surface area contributed by atoms with Gasteiger partial charge >= 0.3 is 0 Å². The van der Waals surface area contributed by atoms with Crippen molar-refractivity contribution in [1.29, 1.82) is 0 Å². The van der Waals surface area contributed by atoms with Crippen LogP contribution in [0.5, 0.6) is 0 Å². The van der Waals surface area contributed by atoms with Crippen molar-refractivity contribution >= 4 is 5.91 Å². The fourth-order valence-corrected chi connectivity index (χ4v) is 1.36. The number of carbonyl (C=O) groups is 1. The number of nitrogens with one attached hydrogen (secondary N) is 2. The number of terminal acetylenes is 1. The molecule has 0 aliphatic rings. The summed E-state index contributed by atoms with van der Waals surface area (Å²) in [6, 6.07) is 3.36. The molecule has 1 aromatic rings. The van der Waals surface area contributed by atoms with Crippen LogP contribution >= 0.6 is 0 Å². The normalized spacial score (nSPS) is 13.8. The van der Waals surface area contributed by atoms with Crippen molar-refractivity contribution in [2.24, 2.45) is 0 Å². The Bertz CT molecular complexity index is 365. The van der Waals surface area contributed by atoms with Gasteiger partial charge in [-0.1, -0.05) is 5.92 Å². The second-order valence-electron chi connectivity index (χ2n) is 3.55. The minimum absolute atomic E-state index is 0.0124. The molecule has 2 N–H and O–H groups in total. The van der Waals surface area contributed by atoms with E-state index in [2.05, 4.69) is 16.6 Å². The summed E-state index contributed by atoms with van der Waals surface area (Å²) in [6.45, 7) is 3.97. The SMILES string of the molecule is C#CCNC(=O)C(C)NC(C)c1ccco1. The Hall–Kier alpha value is -1.73. The molecule has 16 heavy (non-hydrogen) atoms. The molecular formula is C12H16N2O2. The van der Waals surface area contributed by atoms with Crippen LogP contribution in [0.4, 0.5) is 0 Å². The van der Waals surface area contributed by atoms with Crippen molar-refractivity contribution in [2.75, 3.05) is 6.54 Å². The van der Waals surface area contributed by atoms with Crippen LogP contribution in [0.3, 0.4) is 0 Å². The highest BCUT2D eigenvalue weighted by molar-refractivity contribution is 5.81. The average Bonchev–Trinajstić information content (AvgIpc) is 2.79. The Kier molecular flexibility index (Phi) is 4.62. The molecule has 2 atom stereocenters. The molecule has 0 bridgehead atoms. The molecule has 0 radical (unpaired) electrons. The Labute approximate surface area is 95.4 Å². The van der Waals surface area contributed by atoms with E-state index < -0.39 is 0 Å². The van der Waals surface area contributed by atoms with E-state index in [1.54, 1.807) is 13.2 Å². The minimum atomic E-state index is -0.312. The van der Waals surface area contributed by atoms with Gasteiger partial charge in [0.25, 0.3) is 0 Å². The van der Waals surface area contributed by atoms with Gasteiger partial charge in [0.05, 0.1) is 24.9 Å². The summed E-state index contributed by atoms with van der Waals surface area (Å²) in [7, 11) is 0. The third-order valence-electron chi connectivity index (χ3n) is 2.23. The number of carbonyl (C=O) groups excluding carboxylic acids is 1. The Balaban J connectivity index is 2.42. The lowest BCUT2D eigenvalue weighted by Gasteiger charge is -2.17. The first-order chi connectivity index (χ1) is 7.65. The minimum Gasteiger partial charge on any atom is -0.468 e. The molecule has 0 aromatic carbocycles. The first-order valence-electron chi connectivity index (χ1n) is 5.15. The van der Waals surface area contributed by atoms with Gasteiger partial charge in [0.2, 0.25) is 5.91 Å². The predicted molar refractivity (Wildman–Crippen MR) is 61.6 cm³/mol. The van der Waals surface area contributed by atoms with Crippen molar-refractivity contribution in [3.8, 4) is 12.3 Å². The van der Waals surface area contributed by atoms with Crippen molar-refractivity contribution in [3.05, 3.63) is 24.2 Å². The van der Waals surface area contributed by atoms with Crippen LogP contribution in [0.2, 0.25) is 0 Å². The van der Waals surface area contributed by atoms with E-state index in [4.69, 9.17) is 10.8 Å². The van der Waals surface area contributed by atoms with Gasteiger partial charge in [-0.2, -0.15) is 0 Å². The topological polar surface area (TPSA) is 54.3 Å². The van der Waals surface area contributed by atoms with Crippen LogP contribution in [0.25, 0.3) is 0 Å². The second-order valence-corrected chi connectivity index (χ2v) is 3.55. The number of rotatable bonds is 5. The number of hydrogen-bond acceptors (Lipinski definition) is 3. The highest BCUT2D eigenvalue weighted by atomic mass is 16.3. The van der Waals surface area contributed by atoms with Crippen molar-refractivity contribution in [2.45, 2.75) is 25.9 Å². The third-order valence-corrected chi connectivity index (χ3v) is 2.23. The number of furan rings is 1. The molecule has 0 spiro atoms. The van der Waals surface area contributed by atoms with Gasteiger partial charge in [-0.05, 0) is 26.0 Å². The van der Waals surface area contributed by atoms with Crippen molar-refractivity contribution in [1.82, 2.24) is 10.6 Å². The smallest absolute Gasteiger partial charge is 0.237 e. The monoisotopic (exact) mass is 220 g/mol. The highest BCUT2D eigenvalue weighted by Gasteiger charge is 2.16. The molecule has 4 heteroatoms. The van der Waals surface area contributed by atoms with E-state index in [1.807, 2.05) is 19.1 Å². The second kappa shape index (κ2) is 5.99. The lowest BCUT2D eigenvalue weighted by molar-refractivity contribution is -0.122. The molecule has 0 saturated carbocycles. The zero-order valence-corrected chi connectivity index (χ0v) is 9.49. The largest absolute Gasteiger partial charge is 0.468 e. The summed E-state index contributed by atoms with van der Waals surface area (Å²) >= 11 is 0. The van der Waals surface area contributed by atoms with Gasteiger partial charge in [0, 0.05) is 0 Å². The van der Waals surface area contributed by atoms with Gasteiger partial charge in [-0.15, -0.1) is 6.42 Å². The Morgan fingerprint density at radius 1 is 1.62 bits per heavy atom. The summed E-state index contributed by atoms with van der Waals surface area (Å²) in [4.78, 5) is 11.5. The molecule has 1 heterocycles. The summed E-state index contributed by atoms with van der Waals surface area (Å²) in [6.07, 6.45) is 6.66. The van der Waals surface area contributed by atoms with Crippen molar-refractivity contribution in [3.63, 3.8) is 0 Å². The average molecular weight is 220 g/mol. The zero-order valence-electron chi connectivity index (χ0n) is 9.49. The third kappa shape index (κ3) is 3.44. The molecule has 1 rings (SSSR count). The zero-order chi connectivity index (χ0) is 12.0. The molecular weight excluding hydrogens is 204 g/mol. The molecule has 1 aromatic heterocycles. The molecule has 0 aliphatic heterocycles. The fraction of sp³-hybridized carbons (Fsp3) is 0.417. The van der Waals surface area contributed by atoms with Gasteiger partial charge in [0.15, 0.2) is 0 Å². The maximum atomic E-state index is 11.5. The van der Waals surface area contributed by atoms with E-state index in [1.165, 1.54) is 0 Å². The number of amides is 1. The van der Waals surface area contributed by atoms with Crippen LogP contribution in [-0.2, 0) is 4.79 Å².